The molecule has 0 bridgehead atoms. The summed E-state index contributed by atoms with van der Waals surface area (Å²) in [4.78, 5) is 0. The van der Waals surface area contributed by atoms with Crippen molar-refractivity contribution in [1.29, 1.82) is 0 Å². The van der Waals surface area contributed by atoms with Crippen molar-refractivity contribution >= 4 is 39.5 Å². The summed E-state index contributed by atoms with van der Waals surface area (Å²) in [5, 5.41) is 16.5. The Morgan fingerprint density at radius 1 is 1.60 bits per heavy atom. The highest BCUT2D eigenvalue weighted by Gasteiger charge is 1.98. The average molecular weight is 288 g/mol. The molecule has 0 atom stereocenters. The summed E-state index contributed by atoms with van der Waals surface area (Å²) in [7, 11) is 1.70. The van der Waals surface area contributed by atoms with Crippen LogP contribution in [0.2, 0.25) is 0 Å². The maximum absolute atomic E-state index is 9.47. The molecule has 1 aromatic carbocycles. The van der Waals surface area contributed by atoms with Gasteiger partial charge in [0.1, 0.15) is 5.75 Å². The number of phenols is 1. The summed E-state index contributed by atoms with van der Waals surface area (Å²) in [5.74, 6) is 0.166. The third-order valence-electron chi connectivity index (χ3n) is 1.59. The van der Waals surface area contributed by atoms with Crippen molar-refractivity contribution in [3.05, 3.63) is 28.2 Å². The van der Waals surface area contributed by atoms with Crippen LogP contribution in [-0.2, 0) is 0 Å². The Bertz CT molecular complexity index is 395. The zero-order valence-electron chi connectivity index (χ0n) is 7.99. The molecule has 6 heteroatoms. The first-order valence-corrected chi connectivity index (χ1v) is 5.33. The van der Waals surface area contributed by atoms with Crippen LogP contribution in [0.3, 0.4) is 0 Å². The van der Waals surface area contributed by atoms with Crippen LogP contribution in [0.1, 0.15) is 5.56 Å². The van der Waals surface area contributed by atoms with Crippen LogP contribution in [-0.4, -0.2) is 23.5 Å². The first-order chi connectivity index (χ1) is 7.13. The minimum atomic E-state index is 0.166. The Labute approximate surface area is 102 Å². The molecular formula is C9H10BrN3OS. The van der Waals surface area contributed by atoms with Gasteiger partial charge >= 0.3 is 0 Å². The van der Waals surface area contributed by atoms with Gasteiger partial charge in [-0.2, -0.15) is 5.10 Å². The van der Waals surface area contributed by atoms with E-state index in [2.05, 4.69) is 31.8 Å². The summed E-state index contributed by atoms with van der Waals surface area (Å²) in [6.45, 7) is 0. The third-order valence-corrected chi connectivity index (χ3v) is 2.38. The molecule has 0 spiro atoms. The van der Waals surface area contributed by atoms with Crippen molar-refractivity contribution in [3.63, 3.8) is 0 Å². The second-order valence-corrected chi connectivity index (χ2v) is 3.98. The number of hydrazone groups is 1. The first-order valence-electron chi connectivity index (χ1n) is 4.13. The summed E-state index contributed by atoms with van der Waals surface area (Å²) < 4.78 is 0.873. The van der Waals surface area contributed by atoms with Gasteiger partial charge in [0.15, 0.2) is 5.11 Å². The summed E-state index contributed by atoms with van der Waals surface area (Å²) in [5.41, 5.74) is 3.20. The van der Waals surface area contributed by atoms with Crippen LogP contribution in [0.4, 0.5) is 0 Å². The molecule has 3 N–H and O–H groups in total. The molecule has 0 aliphatic heterocycles. The topological polar surface area (TPSA) is 56.7 Å². The molecule has 0 aliphatic carbocycles. The van der Waals surface area contributed by atoms with E-state index in [9.17, 15) is 5.11 Å². The molecule has 1 rings (SSSR count). The maximum Gasteiger partial charge on any atom is 0.186 e. The highest BCUT2D eigenvalue weighted by Crippen LogP contribution is 2.19. The molecule has 0 aromatic heterocycles. The van der Waals surface area contributed by atoms with Gasteiger partial charge in [-0.1, -0.05) is 15.9 Å². The van der Waals surface area contributed by atoms with Gasteiger partial charge in [0.05, 0.1) is 6.21 Å². The molecule has 1 aromatic rings. The highest BCUT2D eigenvalue weighted by molar-refractivity contribution is 9.10. The number of nitrogens with zero attached hydrogens (tertiary/aromatic N) is 1. The van der Waals surface area contributed by atoms with Gasteiger partial charge in [0.2, 0.25) is 0 Å². The zero-order valence-corrected chi connectivity index (χ0v) is 10.4. The van der Waals surface area contributed by atoms with Crippen molar-refractivity contribution in [2.24, 2.45) is 5.10 Å². The van der Waals surface area contributed by atoms with Crippen molar-refractivity contribution < 1.29 is 5.11 Å². The quantitative estimate of drug-likeness (QED) is 0.439. The molecule has 0 saturated carbocycles. The smallest absolute Gasteiger partial charge is 0.186 e. The van der Waals surface area contributed by atoms with Gasteiger partial charge in [0.25, 0.3) is 0 Å². The molecule has 0 unspecified atom stereocenters. The van der Waals surface area contributed by atoms with Crippen LogP contribution in [0, 0.1) is 0 Å². The van der Waals surface area contributed by atoms with Crippen molar-refractivity contribution in [3.8, 4) is 5.75 Å². The molecule has 0 fully saturated rings. The number of benzene rings is 1. The Hall–Kier alpha value is -1.14. The Kier molecular flexibility index (Phi) is 4.51. The normalized spacial score (nSPS) is 10.3. The van der Waals surface area contributed by atoms with E-state index in [1.54, 1.807) is 25.2 Å². The summed E-state index contributed by atoms with van der Waals surface area (Å²) >= 11 is 8.12. The Balaban J connectivity index is 2.71. The maximum atomic E-state index is 9.47. The van der Waals surface area contributed by atoms with Gasteiger partial charge in [-0.15, -0.1) is 0 Å². The number of thiocarbonyl (C=S) groups is 1. The van der Waals surface area contributed by atoms with E-state index in [0.717, 1.165) is 4.47 Å². The summed E-state index contributed by atoms with van der Waals surface area (Å²) in [6.07, 6.45) is 1.49. The molecule has 15 heavy (non-hydrogen) atoms. The highest BCUT2D eigenvalue weighted by atomic mass is 79.9. The predicted molar refractivity (Wildman–Crippen MR) is 68.2 cm³/mol. The Morgan fingerprint density at radius 2 is 2.33 bits per heavy atom. The number of phenolic OH excluding ortho intramolecular Hbond substituents is 1. The lowest BCUT2D eigenvalue weighted by Gasteiger charge is -2.01. The van der Waals surface area contributed by atoms with Crippen LogP contribution in [0.5, 0.6) is 5.75 Å². The lowest BCUT2D eigenvalue weighted by Crippen LogP contribution is -2.28. The van der Waals surface area contributed by atoms with E-state index in [0.29, 0.717) is 10.7 Å². The lowest BCUT2D eigenvalue weighted by molar-refractivity contribution is 0.474. The second kappa shape index (κ2) is 5.67. The molecular weight excluding hydrogens is 278 g/mol. The minimum Gasteiger partial charge on any atom is -0.507 e. The van der Waals surface area contributed by atoms with Gasteiger partial charge in [-0.25, -0.2) is 0 Å². The third kappa shape index (κ3) is 3.85. The number of halogens is 1. The molecule has 0 radical (unpaired) electrons. The molecule has 0 saturated heterocycles. The van der Waals surface area contributed by atoms with Crippen LogP contribution < -0.4 is 10.7 Å². The average Bonchev–Trinajstić information content (AvgIpc) is 2.23. The fraction of sp³-hybridized carbons (Fsp3) is 0.111. The van der Waals surface area contributed by atoms with Gasteiger partial charge in [0, 0.05) is 17.1 Å². The molecule has 4 nitrogen and oxygen atoms in total. The fourth-order valence-corrected chi connectivity index (χ4v) is 1.28. The number of hydrogen-bond acceptors (Lipinski definition) is 3. The zero-order chi connectivity index (χ0) is 11.3. The van der Waals surface area contributed by atoms with Crippen LogP contribution in [0.15, 0.2) is 27.8 Å². The molecule has 0 aliphatic rings. The molecule has 80 valence electrons. The van der Waals surface area contributed by atoms with Gasteiger partial charge in [-0.3, -0.25) is 5.43 Å². The number of rotatable bonds is 2. The molecule has 0 amide bonds. The van der Waals surface area contributed by atoms with Crippen molar-refractivity contribution in [1.82, 2.24) is 10.7 Å². The fourth-order valence-electron chi connectivity index (χ4n) is 0.845. The number of nitrogens with one attached hydrogen (secondary N) is 2. The van der Waals surface area contributed by atoms with Gasteiger partial charge in [-0.05, 0) is 30.4 Å². The lowest BCUT2D eigenvalue weighted by atomic mass is 10.2. The van der Waals surface area contributed by atoms with Crippen molar-refractivity contribution in [2.45, 2.75) is 0 Å². The monoisotopic (exact) mass is 287 g/mol. The largest absolute Gasteiger partial charge is 0.507 e. The van der Waals surface area contributed by atoms with E-state index in [1.807, 2.05) is 0 Å². The minimum absolute atomic E-state index is 0.166. The number of aromatic hydroxyl groups is 1. The molecule has 0 heterocycles. The van der Waals surface area contributed by atoms with E-state index in [4.69, 9.17) is 12.2 Å². The van der Waals surface area contributed by atoms with E-state index in [-0.39, 0.29) is 5.75 Å². The SMILES string of the molecule is CNC(=S)N/N=C/c1cc(Br)ccc1O. The second-order valence-electron chi connectivity index (χ2n) is 2.65. The van der Waals surface area contributed by atoms with Gasteiger partial charge < -0.3 is 10.4 Å². The number of hydrogen-bond donors (Lipinski definition) is 3. The Morgan fingerprint density at radius 3 is 3.00 bits per heavy atom. The first kappa shape index (κ1) is 11.9. The summed E-state index contributed by atoms with van der Waals surface area (Å²) in [6, 6.07) is 5.09. The standard InChI is InChI=1S/C9H10BrN3OS/c1-11-9(15)13-12-5-6-4-7(10)2-3-8(6)14/h2-5,14H,1H3,(H2,11,13,15)/b12-5+. The van der Waals surface area contributed by atoms with E-state index >= 15 is 0 Å². The van der Waals surface area contributed by atoms with Crippen LogP contribution in [0.25, 0.3) is 0 Å². The van der Waals surface area contributed by atoms with Crippen molar-refractivity contribution in [2.75, 3.05) is 7.05 Å². The predicted octanol–water partition coefficient (Wildman–Crippen LogP) is 1.58. The van der Waals surface area contributed by atoms with E-state index in [1.165, 1.54) is 6.21 Å². The van der Waals surface area contributed by atoms with Crippen LogP contribution >= 0.6 is 28.1 Å². The van der Waals surface area contributed by atoms with E-state index < -0.39 is 0 Å².